The van der Waals surface area contributed by atoms with Crippen LogP contribution in [0.5, 0.6) is 0 Å². The van der Waals surface area contributed by atoms with Crippen molar-refractivity contribution in [1.82, 2.24) is 0 Å². The number of Topliss-reactive ketones (excluding diaryl/α,β-unsaturated/α-hetero) is 1. The van der Waals surface area contributed by atoms with E-state index in [2.05, 4.69) is 39.8 Å². The van der Waals surface area contributed by atoms with Gasteiger partial charge in [-0.1, -0.05) is 26.7 Å². The van der Waals surface area contributed by atoms with Gasteiger partial charge in [0.25, 0.3) is 0 Å². The number of hydrogen-bond donors (Lipinski definition) is 1. The Balaban J connectivity index is 2.60. The van der Waals surface area contributed by atoms with Crippen LogP contribution in [0.4, 0.5) is 0 Å². The third-order valence-electron chi connectivity index (χ3n) is 3.99. The van der Waals surface area contributed by atoms with Crippen LogP contribution in [0.2, 0.25) is 18.1 Å². The van der Waals surface area contributed by atoms with Gasteiger partial charge in [0.15, 0.2) is 20.2 Å². The highest BCUT2D eigenvalue weighted by Gasteiger charge is 2.40. The Labute approximate surface area is 116 Å². The van der Waals surface area contributed by atoms with E-state index < -0.39 is 20.5 Å². The average Bonchev–Trinajstić information content (AvgIpc) is 2.29. The summed E-state index contributed by atoms with van der Waals surface area (Å²) in [4.78, 5) is 11.6. The fraction of sp³-hybridized carbons (Fsp3) is 0.786. The Bertz CT molecular complexity index is 378. The van der Waals surface area contributed by atoms with Gasteiger partial charge in [-0.3, -0.25) is 4.79 Å². The summed E-state index contributed by atoms with van der Waals surface area (Å²) in [6.07, 6.45) is 3.00. The second-order valence-electron chi connectivity index (χ2n) is 6.53. The first-order valence-corrected chi connectivity index (χ1v) is 9.45. The lowest BCUT2D eigenvalue weighted by molar-refractivity contribution is -0.153. The van der Waals surface area contributed by atoms with Gasteiger partial charge in [-0.25, -0.2) is 0 Å². The van der Waals surface area contributed by atoms with E-state index in [0.29, 0.717) is 6.61 Å². The standard InChI is InChI=1S/C14H24O4Si/c1-7-12-13(16)11(15)8-10(18-12)9-17-19(5,6)14(2,3)4/h1,10,12-13,16H,8-9H2,2-6H3/t10-,12-,13+/m1/s1. The number of carbonyl (C=O) groups excluding carboxylic acids is 1. The van der Waals surface area contributed by atoms with E-state index in [9.17, 15) is 9.90 Å². The van der Waals surface area contributed by atoms with Gasteiger partial charge < -0.3 is 14.3 Å². The molecule has 0 aromatic heterocycles. The molecule has 4 nitrogen and oxygen atoms in total. The zero-order valence-electron chi connectivity index (χ0n) is 12.4. The summed E-state index contributed by atoms with van der Waals surface area (Å²) in [7, 11) is -1.87. The molecule has 5 heteroatoms. The van der Waals surface area contributed by atoms with Crippen molar-refractivity contribution in [2.45, 2.75) is 63.6 Å². The van der Waals surface area contributed by atoms with Crippen LogP contribution in [-0.4, -0.2) is 44.1 Å². The topological polar surface area (TPSA) is 55.8 Å². The van der Waals surface area contributed by atoms with Crippen molar-refractivity contribution in [3.8, 4) is 12.3 Å². The van der Waals surface area contributed by atoms with Gasteiger partial charge in [0.2, 0.25) is 0 Å². The Morgan fingerprint density at radius 2 is 2.11 bits per heavy atom. The van der Waals surface area contributed by atoms with Gasteiger partial charge >= 0.3 is 0 Å². The van der Waals surface area contributed by atoms with E-state index in [-0.39, 0.29) is 23.3 Å². The Hall–Kier alpha value is -0.673. The van der Waals surface area contributed by atoms with Crippen molar-refractivity contribution >= 4 is 14.1 Å². The molecule has 1 aliphatic heterocycles. The minimum atomic E-state index is -1.87. The second kappa shape index (κ2) is 5.76. The molecular formula is C14H24O4Si. The van der Waals surface area contributed by atoms with Crippen molar-refractivity contribution in [3.05, 3.63) is 0 Å². The van der Waals surface area contributed by atoms with Crippen molar-refractivity contribution < 1.29 is 19.1 Å². The largest absolute Gasteiger partial charge is 0.414 e. The molecule has 1 fully saturated rings. The van der Waals surface area contributed by atoms with E-state index in [4.69, 9.17) is 15.6 Å². The third-order valence-corrected chi connectivity index (χ3v) is 8.49. The number of ether oxygens (including phenoxy) is 1. The minimum absolute atomic E-state index is 0.108. The fourth-order valence-electron chi connectivity index (χ4n) is 1.59. The molecule has 19 heavy (non-hydrogen) atoms. The Morgan fingerprint density at radius 1 is 1.53 bits per heavy atom. The quantitative estimate of drug-likeness (QED) is 0.633. The molecule has 1 N–H and O–H groups in total. The van der Waals surface area contributed by atoms with Crippen LogP contribution in [0.25, 0.3) is 0 Å². The van der Waals surface area contributed by atoms with Crippen LogP contribution in [0.3, 0.4) is 0 Å². The zero-order chi connectivity index (χ0) is 14.8. The summed E-state index contributed by atoms with van der Waals surface area (Å²) >= 11 is 0. The van der Waals surface area contributed by atoms with E-state index in [1.807, 2.05) is 0 Å². The van der Waals surface area contributed by atoms with Crippen LogP contribution in [0, 0.1) is 12.3 Å². The summed E-state index contributed by atoms with van der Waals surface area (Å²) in [6.45, 7) is 11.1. The van der Waals surface area contributed by atoms with Gasteiger partial charge in [-0.15, -0.1) is 6.42 Å². The van der Waals surface area contributed by atoms with Gasteiger partial charge in [0.1, 0.15) is 6.10 Å². The third kappa shape index (κ3) is 3.89. The molecule has 108 valence electrons. The zero-order valence-corrected chi connectivity index (χ0v) is 13.4. The SMILES string of the molecule is C#C[C@H]1O[C@@H](CO[Si](C)(C)C(C)(C)C)CC(=O)[C@@H]1O. The van der Waals surface area contributed by atoms with Gasteiger partial charge in [0, 0.05) is 6.42 Å². The highest BCUT2D eigenvalue weighted by molar-refractivity contribution is 6.74. The molecule has 0 spiro atoms. The van der Waals surface area contributed by atoms with Crippen molar-refractivity contribution in [1.29, 1.82) is 0 Å². The first-order chi connectivity index (χ1) is 8.58. The molecule has 0 saturated carbocycles. The molecular weight excluding hydrogens is 260 g/mol. The molecule has 1 saturated heterocycles. The first kappa shape index (κ1) is 16.4. The summed E-state index contributed by atoms with van der Waals surface area (Å²) < 4.78 is 11.5. The number of rotatable bonds is 3. The molecule has 0 radical (unpaired) electrons. The molecule has 1 rings (SSSR count). The lowest BCUT2D eigenvalue weighted by Crippen LogP contribution is -2.49. The lowest BCUT2D eigenvalue weighted by Gasteiger charge is -2.38. The van der Waals surface area contributed by atoms with Gasteiger partial charge in [-0.05, 0) is 18.1 Å². The summed E-state index contributed by atoms with van der Waals surface area (Å²) in [5.74, 6) is 2.04. The van der Waals surface area contributed by atoms with Crippen molar-refractivity contribution in [2.24, 2.45) is 0 Å². The predicted octanol–water partition coefficient (Wildman–Crippen LogP) is 1.73. The number of terminal acetylenes is 1. The van der Waals surface area contributed by atoms with E-state index >= 15 is 0 Å². The summed E-state index contributed by atoms with van der Waals surface area (Å²) in [5.41, 5.74) is 0. The number of hydrogen-bond acceptors (Lipinski definition) is 4. The summed E-state index contributed by atoms with van der Waals surface area (Å²) in [6, 6.07) is 0. The molecule has 1 aliphatic rings. The Kier molecular flexibility index (Phi) is 4.96. The fourth-order valence-corrected chi connectivity index (χ4v) is 2.63. The molecule has 1 heterocycles. The monoisotopic (exact) mass is 284 g/mol. The maximum Gasteiger partial charge on any atom is 0.192 e. The van der Waals surface area contributed by atoms with E-state index in [1.54, 1.807) is 0 Å². The Morgan fingerprint density at radius 3 is 2.58 bits per heavy atom. The molecule has 3 atom stereocenters. The van der Waals surface area contributed by atoms with Crippen molar-refractivity contribution in [3.63, 3.8) is 0 Å². The van der Waals surface area contributed by atoms with Crippen LogP contribution in [0.15, 0.2) is 0 Å². The van der Waals surface area contributed by atoms with Gasteiger partial charge in [-0.2, -0.15) is 0 Å². The number of aliphatic hydroxyl groups is 1. The van der Waals surface area contributed by atoms with Crippen LogP contribution in [-0.2, 0) is 14.0 Å². The van der Waals surface area contributed by atoms with Crippen LogP contribution >= 0.6 is 0 Å². The van der Waals surface area contributed by atoms with E-state index in [1.165, 1.54) is 0 Å². The lowest BCUT2D eigenvalue weighted by atomic mass is 10.0. The summed E-state index contributed by atoms with van der Waals surface area (Å²) in [5, 5.41) is 9.67. The first-order valence-electron chi connectivity index (χ1n) is 6.55. The molecule has 0 aromatic rings. The minimum Gasteiger partial charge on any atom is -0.414 e. The molecule has 0 aliphatic carbocycles. The molecule has 0 aromatic carbocycles. The average molecular weight is 284 g/mol. The van der Waals surface area contributed by atoms with E-state index in [0.717, 1.165) is 0 Å². The number of ketones is 1. The highest BCUT2D eigenvalue weighted by Crippen LogP contribution is 2.36. The number of aliphatic hydroxyl groups excluding tert-OH is 1. The maximum absolute atomic E-state index is 11.6. The van der Waals surface area contributed by atoms with Gasteiger partial charge in [0.05, 0.1) is 12.7 Å². The second-order valence-corrected chi connectivity index (χ2v) is 11.3. The van der Waals surface area contributed by atoms with Crippen molar-refractivity contribution in [2.75, 3.05) is 6.61 Å². The molecule has 0 bridgehead atoms. The van der Waals surface area contributed by atoms with Crippen LogP contribution in [0.1, 0.15) is 27.2 Å². The number of carbonyl (C=O) groups is 1. The smallest absolute Gasteiger partial charge is 0.192 e. The highest BCUT2D eigenvalue weighted by atomic mass is 28.4. The van der Waals surface area contributed by atoms with Crippen LogP contribution < -0.4 is 0 Å². The normalized spacial score (nSPS) is 29.1. The molecule has 0 amide bonds. The predicted molar refractivity (Wildman–Crippen MR) is 76.3 cm³/mol. The maximum atomic E-state index is 11.6. The molecule has 0 unspecified atom stereocenters.